The standard InChI is InChI=1S/C5H7ClFN/c1-3-4-5(6)8(2)7/h3-4H,1H2,2H3/b5-4-. The summed E-state index contributed by atoms with van der Waals surface area (Å²) < 4.78 is 11.9. The normalized spacial score (nSPS) is 11.1. The van der Waals surface area contributed by atoms with E-state index in [2.05, 4.69) is 6.58 Å². The molecule has 0 saturated carbocycles. The number of rotatable bonds is 2. The molecule has 1 nitrogen and oxygen atoms in total. The van der Waals surface area contributed by atoms with E-state index in [1.54, 1.807) is 0 Å². The maximum atomic E-state index is 11.9. The molecule has 0 saturated heterocycles. The highest BCUT2D eigenvalue weighted by Gasteiger charge is 1.92. The van der Waals surface area contributed by atoms with E-state index < -0.39 is 0 Å². The second-order valence-electron chi connectivity index (χ2n) is 1.20. The van der Waals surface area contributed by atoms with Crippen LogP contribution in [0.4, 0.5) is 4.48 Å². The van der Waals surface area contributed by atoms with Crippen LogP contribution >= 0.6 is 11.6 Å². The Kier molecular flexibility index (Phi) is 3.28. The Labute approximate surface area is 53.0 Å². The number of halogens is 2. The van der Waals surface area contributed by atoms with Crippen LogP contribution in [0.3, 0.4) is 0 Å². The van der Waals surface area contributed by atoms with E-state index in [0.717, 1.165) is 0 Å². The van der Waals surface area contributed by atoms with Crippen LogP contribution in [-0.2, 0) is 0 Å². The van der Waals surface area contributed by atoms with E-state index >= 15 is 0 Å². The average Bonchev–Trinajstić information content (AvgIpc) is 1.67. The molecule has 0 unspecified atom stereocenters. The van der Waals surface area contributed by atoms with Gasteiger partial charge in [-0.25, -0.2) is 5.12 Å². The summed E-state index contributed by atoms with van der Waals surface area (Å²) in [7, 11) is 1.21. The molecular formula is C5H7ClFN. The van der Waals surface area contributed by atoms with Gasteiger partial charge < -0.3 is 0 Å². The molecule has 0 bridgehead atoms. The lowest BCUT2D eigenvalue weighted by molar-refractivity contribution is 0.121. The number of hydrogen-bond acceptors (Lipinski definition) is 1. The number of allylic oxidation sites excluding steroid dienone is 2. The lowest BCUT2D eigenvalue weighted by atomic mass is 10.6. The van der Waals surface area contributed by atoms with Crippen molar-refractivity contribution in [1.82, 2.24) is 5.12 Å². The Morgan fingerprint density at radius 3 is 2.50 bits per heavy atom. The molecule has 3 heteroatoms. The van der Waals surface area contributed by atoms with Crippen molar-refractivity contribution in [2.24, 2.45) is 0 Å². The predicted octanol–water partition coefficient (Wildman–Crippen LogP) is 2.07. The van der Waals surface area contributed by atoms with E-state index in [9.17, 15) is 4.48 Å². The molecule has 0 fully saturated rings. The van der Waals surface area contributed by atoms with Crippen molar-refractivity contribution >= 4 is 11.6 Å². The Morgan fingerprint density at radius 2 is 2.38 bits per heavy atom. The molecule has 0 rings (SSSR count). The van der Waals surface area contributed by atoms with Gasteiger partial charge in [-0.1, -0.05) is 28.7 Å². The minimum absolute atomic E-state index is 0.0278. The van der Waals surface area contributed by atoms with Crippen LogP contribution in [0, 0.1) is 0 Å². The van der Waals surface area contributed by atoms with Gasteiger partial charge in [-0.15, -0.1) is 0 Å². The van der Waals surface area contributed by atoms with Crippen molar-refractivity contribution in [2.75, 3.05) is 7.05 Å². The lowest BCUT2D eigenvalue weighted by Crippen LogP contribution is -1.98. The summed E-state index contributed by atoms with van der Waals surface area (Å²) >= 11 is 5.26. The van der Waals surface area contributed by atoms with Crippen molar-refractivity contribution in [2.45, 2.75) is 0 Å². The van der Waals surface area contributed by atoms with Gasteiger partial charge in [0, 0.05) is 7.05 Å². The lowest BCUT2D eigenvalue weighted by Gasteiger charge is -2.01. The molecule has 0 aromatic heterocycles. The average molecular weight is 136 g/mol. The zero-order chi connectivity index (χ0) is 6.57. The first-order valence-electron chi connectivity index (χ1n) is 2.06. The molecule has 0 aliphatic rings. The van der Waals surface area contributed by atoms with Crippen LogP contribution in [0.1, 0.15) is 0 Å². The first-order chi connectivity index (χ1) is 3.68. The summed E-state index contributed by atoms with van der Waals surface area (Å²) in [6.45, 7) is 3.33. The minimum Gasteiger partial charge on any atom is -0.203 e. The van der Waals surface area contributed by atoms with Gasteiger partial charge in [0.05, 0.1) is 0 Å². The third-order valence-corrected chi connectivity index (χ3v) is 0.909. The van der Waals surface area contributed by atoms with Crippen molar-refractivity contribution in [3.8, 4) is 0 Å². The first-order valence-corrected chi connectivity index (χ1v) is 2.44. The third kappa shape index (κ3) is 2.64. The Balaban J connectivity index is 3.78. The first kappa shape index (κ1) is 7.50. The van der Waals surface area contributed by atoms with Crippen LogP contribution in [0.25, 0.3) is 0 Å². The summed E-state index contributed by atoms with van der Waals surface area (Å²) in [6, 6.07) is 0. The SMILES string of the molecule is C=C/C=C(/Cl)N(C)F. The molecule has 0 atom stereocenters. The monoisotopic (exact) mass is 135 g/mol. The third-order valence-electron chi connectivity index (χ3n) is 0.550. The van der Waals surface area contributed by atoms with Crippen LogP contribution in [0.15, 0.2) is 23.9 Å². The fourth-order valence-electron chi connectivity index (χ4n) is 0.200. The molecule has 0 heterocycles. The second kappa shape index (κ2) is 3.50. The maximum absolute atomic E-state index is 11.9. The largest absolute Gasteiger partial charge is 0.203 e. The summed E-state index contributed by atoms with van der Waals surface area (Å²) in [5.41, 5.74) is 0. The smallest absolute Gasteiger partial charge is 0.134 e. The molecule has 0 aliphatic carbocycles. The molecule has 0 N–H and O–H groups in total. The topological polar surface area (TPSA) is 3.24 Å². The molecule has 8 heavy (non-hydrogen) atoms. The fraction of sp³-hybridized carbons (Fsp3) is 0.200. The summed E-state index contributed by atoms with van der Waals surface area (Å²) in [5, 5.41) is 0.337. The van der Waals surface area contributed by atoms with E-state index in [1.807, 2.05) is 0 Å². The maximum Gasteiger partial charge on any atom is 0.134 e. The zero-order valence-electron chi connectivity index (χ0n) is 4.56. The Morgan fingerprint density at radius 1 is 1.88 bits per heavy atom. The molecule has 0 amide bonds. The van der Waals surface area contributed by atoms with Crippen LogP contribution < -0.4 is 0 Å². The summed E-state index contributed by atoms with van der Waals surface area (Å²) in [5.74, 6) is 0. The summed E-state index contributed by atoms with van der Waals surface area (Å²) in [6.07, 6.45) is 2.78. The molecular weight excluding hydrogens is 129 g/mol. The van der Waals surface area contributed by atoms with Crippen molar-refractivity contribution in [3.63, 3.8) is 0 Å². The van der Waals surface area contributed by atoms with Gasteiger partial charge >= 0.3 is 0 Å². The molecule has 0 aromatic carbocycles. The minimum atomic E-state index is 0.0278. The van der Waals surface area contributed by atoms with Crippen molar-refractivity contribution in [1.29, 1.82) is 0 Å². The molecule has 0 spiro atoms. The second-order valence-corrected chi connectivity index (χ2v) is 1.59. The predicted molar refractivity (Wildman–Crippen MR) is 33.0 cm³/mol. The molecule has 0 radical (unpaired) electrons. The van der Waals surface area contributed by atoms with Crippen molar-refractivity contribution in [3.05, 3.63) is 23.9 Å². The highest BCUT2D eigenvalue weighted by molar-refractivity contribution is 6.29. The van der Waals surface area contributed by atoms with Crippen LogP contribution in [0.2, 0.25) is 0 Å². The quantitative estimate of drug-likeness (QED) is 0.318. The van der Waals surface area contributed by atoms with E-state index in [4.69, 9.17) is 11.6 Å². The van der Waals surface area contributed by atoms with Crippen LogP contribution in [0.5, 0.6) is 0 Å². The number of nitrogens with zero attached hydrogens (tertiary/aromatic N) is 1. The fourth-order valence-corrected chi connectivity index (χ4v) is 0.289. The molecule has 0 aromatic rings. The van der Waals surface area contributed by atoms with Gasteiger partial charge in [-0.05, 0) is 6.08 Å². The Hall–Kier alpha value is -0.500. The van der Waals surface area contributed by atoms with Gasteiger partial charge in [0.25, 0.3) is 0 Å². The van der Waals surface area contributed by atoms with Gasteiger partial charge in [-0.2, -0.15) is 0 Å². The molecule has 0 aliphatic heterocycles. The highest BCUT2D eigenvalue weighted by atomic mass is 35.5. The molecule has 46 valence electrons. The van der Waals surface area contributed by atoms with E-state index in [0.29, 0.717) is 5.12 Å². The van der Waals surface area contributed by atoms with Gasteiger partial charge in [-0.3, -0.25) is 0 Å². The zero-order valence-corrected chi connectivity index (χ0v) is 5.32. The van der Waals surface area contributed by atoms with Crippen molar-refractivity contribution < 1.29 is 4.48 Å². The Bertz CT molecular complexity index is 109. The van der Waals surface area contributed by atoms with Gasteiger partial charge in [0.15, 0.2) is 0 Å². The van der Waals surface area contributed by atoms with E-state index in [1.165, 1.54) is 19.2 Å². The summed E-state index contributed by atoms with van der Waals surface area (Å²) in [4.78, 5) is 0. The number of hydrogen-bond donors (Lipinski definition) is 0. The van der Waals surface area contributed by atoms with Gasteiger partial charge in [0.1, 0.15) is 5.16 Å². The van der Waals surface area contributed by atoms with Gasteiger partial charge in [0.2, 0.25) is 0 Å². The highest BCUT2D eigenvalue weighted by Crippen LogP contribution is 2.05. The van der Waals surface area contributed by atoms with E-state index in [-0.39, 0.29) is 5.16 Å². The van der Waals surface area contributed by atoms with Crippen LogP contribution in [-0.4, -0.2) is 12.2 Å².